The largest absolute Gasteiger partial charge is 0.372 e. The van der Waals surface area contributed by atoms with Crippen molar-refractivity contribution in [1.29, 1.82) is 0 Å². The zero-order chi connectivity index (χ0) is 10.7. The molecule has 0 aromatic heterocycles. The second-order valence-electron chi connectivity index (χ2n) is 4.43. The maximum absolute atomic E-state index is 10.5. The van der Waals surface area contributed by atoms with Crippen LogP contribution in [0.1, 0.15) is 31.7 Å². The van der Waals surface area contributed by atoms with Crippen molar-refractivity contribution < 1.29 is 5.11 Å². The molecule has 1 fully saturated rings. The monoisotopic (exact) mass is 205 g/mol. The molecule has 1 atom stereocenters. The third-order valence-corrected chi connectivity index (χ3v) is 3.29. The number of likely N-dealkylation sites (tertiary alicyclic amines) is 1. The molecule has 1 aromatic rings. The average Bonchev–Trinajstić information content (AvgIpc) is 2.31. The van der Waals surface area contributed by atoms with Gasteiger partial charge in [-0.1, -0.05) is 36.8 Å². The van der Waals surface area contributed by atoms with E-state index in [4.69, 9.17) is 0 Å². The molecule has 2 rings (SSSR count). The van der Waals surface area contributed by atoms with E-state index in [0.717, 1.165) is 18.7 Å². The lowest BCUT2D eigenvalue weighted by molar-refractivity contribution is -0.108. The second kappa shape index (κ2) is 4.33. The minimum absolute atomic E-state index is 0.804. The molecule has 2 nitrogen and oxygen atoms in total. The van der Waals surface area contributed by atoms with E-state index in [1.807, 2.05) is 37.3 Å². The van der Waals surface area contributed by atoms with Crippen molar-refractivity contribution in [3.8, 4) is 0 Å². The van der Waals surface area contributed by atoms with Crippen molar-refractivity contribution in [3.05, 3.63) is 35.9 Å². The highest BCUT2D eigenvalue weighted by Crippen LogP contribution is 2.27. The molecule has 0 amide bonds. The molecule has 0 saturated carbocycles. The van der Waals surface area contributed by atoms with Crippen molar-refractivity contribution >= 4 is 0 Å². The summed E-state index contributed by atoms with van der Waals surface area (Å²) < 4.78 is 0. The van der Waals surface area contributed by atoms with Gasteiger partial charge in [0.05, 0.1) is 0 Å². The van der Waals surface area contributed by atoms with Gasteiger partial charge in [0, 0.05) is 13.1 Å². The Hall–Kier alpha value is -0.860. The fourth-order valence-corrected chi connectivity index (χ4v) is 2.27. The Balaban J connectivity index is 2.18. The highest BCUT2D eigenvalue weighted by molar-refractivity contribution is 5.20. The summed E-state index contributed by atoms with van der Waals surface area (Å²) >= 11 is 0. The first-order chi connectivity index (χ1) is 7.21. The van der Waals surface area contributed by atoms with E-state index in [9.17, 15) is 5.11 Å². The predicted octanol–water partition coefficient (Wildman–Crippen LogP) is 2.34. The van der Waals surface area contributed by atoms with Crippen molar-refractivity contribution in [2.24, 2.45) is 0 Å². The number of hydrogen-bond donors (Lipinski definition) is 1. The molecule has 82 valence electrons. The number of benzene rings is 1. The Bertz CT molecular complexity index is 302. The Labute approximate surface area is 91.5 Å². The van der Waals surface area contributed by atoms with Crippen LogP contribution >= 0.6 is 0 Å². The fraction of sp³-hybridized carbons (Fsp3) is 0.538. The Morgan fingerprint density at radius 1 is 1.07 bits per heavy atom. The van der Waals surface area contributed by atoms with Gasteiger partial charge < -0.3 is 5.11 Å². The first-order valence-electron chi connectivity index (χ1n) is 5.74. The van der Waals surface area contributed by atoms with Crippen LogP contribution < -0.4 is 0 Å². The van der Waals surface area contributed by atoms with Crippen LogP contribution in [-0.2, 0) is 5.72 Å². The van der Waals surface area contributed by atoms with Crippen molar-refractivity contribution in [3.63, 3.8) is 0 Å². The maximum Gasteiger partial charge on any atom is 0.141 e. The van der Waals surface area contributed by atoms with Gasteiger partial charge in [0.2, 0.25) is 0 Å². The van der Waals surface area contributed by atoms with E-state index in [0.29, 0.717) is 0 Å². The predicted molar refractivity (Wildman–Crippen MR) is 61.4 cm³/mol. The van der Waals surface area contributed by atoms with E-state index >= 15 is 0 Å². The molecule has 15 heavy (non-hydrogen) atoms. The lowest BCUT2D eigenvalue weighted by Gasteiger charge is -2.39. The first-order valence-corrected chi connectivity index (χ1v) is 5.74. The lowest BCUT2D eigenvalue weighted by Crippen LogP contribution is -2.46. The van der Waals surface area contributed by atoms with Gasteiger partial charge in [0.1, 0.15) is 5.72 Å². The van der Waals surface area contributed by atoms with Gasteiger partial charge in [0.15, 0.2) is 0 Å². The van der Waals surface area contributed by atoms with Crippen LogP contribution in [0.2, 0.25) is 0 Å². The van der Waals surface area contributed by atoms with E-state index in [-0.39, 0.29) is 0 Å². The number of nitrogens with zero attached hydrogens (tertiary/aromatic N) is 1. The zero-order valence-corrected chi connectivity index (χ0v) is 9.32. The summed E-state index contributed by atoms with van der Waals surface area (Å²) in [7, 11) is 0. The third-order valence-electron chi connectivity index (χ3n) is 3.29. The summed E-state index contributed by atoms with van der Waals surface area (Å²) in [5.74, 6) is 0. The van der Waals surface area contributed by atoms with Crippen LogP contribution in [0.15, 0.2) is 30.3 Å². The fourth-order valence-electron chi connectivity index (χ4n) is 2.27. The highest BCUT2D eigenvalue weighted by Gasteiger charge is 2.31. The van der Waals surface area contributed by atoms with Crippen LogP contribution in [-0.4, -0.2) is 23.1 Å². The topological polar surface area (TPSA) is 23.5 Å². The molecule has 1 aromatic carbocycles. The van der Waals surface area contributed by atoms with Gasteiger partial charge in [-0.2, -0.15) is 0 Å². The van der Waals surface area contributed by atoms with Gasteiger partial charge >= 0.3 is 0 Å². The zero-order valence-electron chi connectivity index (χ0n) is 9.32. The summed E-state index contributed by atoms with van der Waals surface area (Å²) in [6.07, 6.45) is 3.69. The SMILES string of the molecule is CC(O)(c1ccccc1)N1CCCCC1. The summed E-state index contributed by atoms with van der Waals surface area (Å²) in [5, 5.41) is 10.5. The van der Waals surface area contributed by atoms with Crippen molar-refractivity contribution in [2.75, 3.05) is 13.1 Å². The Morgan fingerprint density at radius 3 is 2.27 bits per heavy atom. The Morgan fingerprint density at radius 2 is 1.67 bits per heavy atom. The molecule has 1 saturated heterocycles. The molecule has 0 aliphatic carbocycles. The normalized spacial score (nSPS) is 22.3. The molecule has 1 aliphatic rings. The molecule has 1 heterocycles. The molecule has 2 heteroatoms. The molecular weight excluding hydrogens is 186 g/mol. The lowest BCUT2D eigenvalue weighted by atomic mass is 10.00. The van der Waals surface area contributed by atoms with Gasteiger partial charge in [-0.05, 0) is 25.3 Å². The van der Waals surface area contributed by atoms with Crippen LogP contribution in [0, 0.1) is 0 Å². The number of hydrogen-bond acceptors (Lipinski definition) is 2. The molecule has 0 radical (unpaired) electrons. The van der Waals surface area contributed by atoms with Crippen LogP contribution in [0.4, 0.5) is 0 Å². The van der Waals surface area contributed by atoms with Gasteiger partial charge in [-0.25, -0.2) is 0 Å². The van der Waals surface area contributed by atoms with Gasteiger partial charge in [-0.3, -0.25) is 4.90 Å². The minimum atomic E-state index is -0.804. The van der Waals surface area contributed by atoms with Crippen LogP contribution in [0.25, 0.3) is 0 Å². The minimum Gasteiger partial charge on any atom is -0.372 e. The smallest absolute Gasteiger partial charge is 0.141 e. The van der Waals surface area contributed by atoms with E-state index in [2.05, 4.69) is 4.90 Å². The summed E-state index contributed by atoms with van der Waals surface area (Å²) in [6, 6.07) is 9.93. The van der Waals surface area contributed by atoms with Crippen molar-refractivity contribution in [1.82, 2.24) is 4.90 Å². The summed E-state index contributed by atoms with van der Waals surface area (Å²) in [5.41, 5.74) is 0.189. The summed E-state index contributed by atoms with van der Waals surface area (Å²) in [6.45, 7) is 3.90. The quantitative estimate of drug-likeness (QED) is 0.801. The molecule has 1 aliphatic heterocycles. The average molecular weight is 205 g/mol. The Kier molecular flexibility index (Phi) is 3.08. The van der Waals surface area contributed by atoms with E-state index in [1.54, 1.807) is 0 Å². The first kappa shape index (κ1) is 10.7. The number of piperidine rings is 1. The van der Waals surface area contributed by atoms with Crippen LogP contribution in [0.3, 0.4) is 0 Å². The third kappa shape index (κ3) is 2.21. The molecule has 0 bridgehead atoms. The van der Waals surface area contributed by atoms with Crippen molar-refractivity contribution in [2.45, 2.75) is 31.9 Å². The number of aliphatic hydroxyl groups is 1. The summed E-state index contributed by atoms with van der Waals surface area (Å²) in [4.78, 5) is 2.17. The maximum atomic E-state index is 10.5. The molecule has 0 spiro atoms. The molecule has 1 N–H and O–H groups in total. The second-order valence-corrected chi connectivity index (χ2v) is 4.43. The van der Waals surface area contributed by atoms with Crippen LogP contribution in [0.5, 0.6) is 0 Å². The highest BCUT2D eigenvalue weighted by atomic mass is 16.3. The van der Waals surface area contributed by atoms with Gasteiger partial charge in [0.25, 0.3) is 0 Å². The van der Waals surface area contributed by atoms with E-state index < -0.39 is 5.72 Å². The van der Waals surface area contributed by atoms with Gasteiger partial charge in [-0.15, -0.1) is 0 Å². The number of rotatable bonds is 2. The molecular formula is C13H19NO. The standard InChI is InChI=1S/C13H19NO/c1-13(15,12-8-4-2-5-9-12)14-10-6-3-7-11-14/h2,4-5,8-9,15H,3,6-7,10-11H2,1H3. The van der Waals surface area contributed by atoms with E-state index in [1.165, 1.54) is 19.3 Å². The molecule has 1 unspecified atom stereocenters.